The second-order valence-electron chi connectivity index (χ2n) is 5.26. The maximum absolute atomic E-state index is 2.31. The lowest BCUT2D eigenvalue weighted by Gasteiger charge is -2.30. The van der Waals surface area contributed by atoms with E-state index in [0.29, 0.717) is 0 Å². The van der Waals surface area contributed by atoms with E-state index in [-0.39, 0.29) is 5.48 Å². The Morgan fingerprint density at radius 3 is 2.24 bits per heavy atom. The molecule has 0 unspecified atom stereocenters. The molecule has 0 amide bonds. The summed E-state index contributed by atoms with van der Waals surface area (Å²) < 4.78 is 1.01. The minimum Gasteiger partial charge on any atom is -0.870 e. The molecular formula is C15H27NO. The Labute approximate surface area is 106 Å². The highest BCUT2D eigenvalue weighted by molar-refractivity contribution is 5.48. The van der Waals surface area contributed by atoms with E-state index in [4.69, 9.17) is 0 Å². The molecule has 1 aromatic rings. The van der Waals surface area contributed by atoms with Crippen LogP contribution in [0, 0.1) is 6.92 Å². The van der Waals surface area contributed by atoms with E-state index in [0.717, 1.165) is 4.48 Å². The second kappa shape index (κ2) is 7.46. The molecule has 2 nitrogen and oxygen atoms in total. The van der Waals surface area contributed by atoms with Gasteiger partial charge in [-0.3, -0.25) is 4.48 Å². The molecule has 0 spiro atoms. The van der Waals surface area contributed by atoms with Crippen LogP contribution in [0.3, 0.4) is 0 Å². The summed E-state index contributed by atoms with van der Waals surface area (Å²) in [6, 6.07) is 8.74. The van der Waals surface area contributed by atoms with Gasteiger partial charge >= 0.3 is 0 Å². The molecule has 0 aliphatic rings. The molecule has 0 saturated carbocycles. The Morgan fingerprint density at radius 1 is 1.00 bits per heavy atom. The van der Waals surface area contributed by atoms with Crippen molar-refractivity contribution >= 4 is 5.69 Å². The summed E-state index contributed by atoms with van der Waals surface area (Å²) in [7, 11) is 4.63. The predicted octanol–water partition coefficient (Wildman–Crippen LogP) is 3.97. The van der Waals surface area contributed by atoms with Gasteiger partial charge in [0.05, 0.1) is 20.6 Å². The molecule has 0 fully saturated rings. The first-order valence-electron chi connectivity index (χ1n) is 6.47. The van der Waals surface area contributed by atoms with Crippen molar-refractivity contribution in [3.8, 4) is 0 Å². The summed E-state index contributed by atoms with van der Waals surface area (Å²) in [5.74, 6) is 0. The fourth-order valence-electron chi connectivity index (χ4n) is 2.30. The number of nitrogens with zero attached hydrogens (tertiary/aromatic N) is 1. The molecule has 0 bridgehead atoms. The summed E-state index contributed by atoms with van der Waals surface area (Å²) in [5, 5.41) is 0. The lowest BCUT2D eigenvalue weighted by Crippen LogP contribution is -2.41. The first kappa shape index (κ1) is 16.1. The summed E-state index contributed by atoms with van der Waals surface area (Å²) in [6.45, 7) is 5.72. The minimum absolute atomic E-state index is 0. The zero-order chi connectivity index (χ0) is 12.0. The maximum Gasteiger partial charge on any atom is 0.135 e. The van der Waals surface area contributed by atoms with Crippen molar-refractivity contribution in [1.29, 1.82) is 0 Å². The Kier molecular flexibility index (Phi) is 7.09. The molecule has 0 heterocycles. The van der Waals surface area contributed by atoms with Gasteiger partial charge in [-0.2, -0.15) is 0 Å². The van der Waals surface area contributed by atoms with E-state index < -0.39 is 0 Å². The van der Waals surface area contributed by atoms with Gasteiger partial charge in [0.2, 0.25) is 0 Å². The number of hydrogen-bond donors (Lipinski definition) is 0. The predicted molar refractivity (Wildman–Crippen MR) is 75.8 cm³/mol. The van der Waals surface area contributed by atoms with Crippen molar-refractivity contribution < 1.29 is 5.48 Å². The second-order valence-corrected chi connectivity index (χ2v) is 5.26. The van der Waals surface area contributed by atoms with E-state index in [1.165, 1.54) is 43.5 Å². The number of quaternary nitrogens is 1. The summed E-state index contributed by atoms with van der Waals surface area (Å²) in [4.78, 5) is 0. The number of benzene rings is 1. The SMILES string of the molecule is CCCCCC[N+](C)(C)c1ccccc1C.[OH-]. The molecule has 0 aromatic heterocycles. The van der Waals surface area contributed by atoms with E-state index in [1.807, 2.05) is 0 Å². The summed E-state index contributed by atoms with van der Waals surface area (Å²) in [5.41, 5.74) is 2.86. The number of hydrogen-bond acceptors (Lipinski definition) is 1. The van der Waals surface area contributed by atoms with E-state index >= 15 is 0 Å². The molecule has 17 heavy (non-hydrogen) atoms. The molecule has 1 N–H and O–H groups in total. The molecule has 0 aliphatic heterocycles. The Hall–Kier alpha value is -0.860. The molecule has 0 radical (unpaired) electrons. The van der Waals surface area contributed by atoms with E-state index in [1.54, 1.807) is 0 Å². The average molecular weight is 237 g/mol. The quantitative estimate of drug-likeness (QED) is 0.544. The van der Waals surface area contributed by atoms with Crippen LogP contribution < -0.4 is 4.48 Å². The number of para-hydroxylation sites is 1. The zero-order valence-corrected chi connectivity index (χ0v) is 11.7. The molecule has 1 rings (SSSR count). The first-order chi connectivity index (χ1) is 7.58. The molecular weight excluding hydrogens is 210 g/mol. The van der Waals surface area contributed by atoms with E-state index in [9.17, 15) is 0 Å². The highest BCUT2D eigenvalue weighted by Crippen LogP contribution is 2.23. The number of unbranched alkanes of at least 4 members (excludes halogenated alkanes) is 3. The topological polar surface area (TPSA) is 30.0 Å². The van der Waals surface area contributed by atoms with Gasteiger partial charge in [-0.1, -0.05) is 38.0 Å². The van der Waals surface area contributed by atoms with E-state index in [2.05, 4.69) is 52.2 Å². The van der Waals surface area contributed by atoms with Crippen molar-refractivity contribution in [3.63, 3.8) is 0 Å². The van der Waals surface area contributed by atoms with Crippen LogP contribution in [0.1, 0.15) is 38.2 Å². The molecule has 0 saturated heterocycles. The molecule has 0 atom stereocenters. The van der Waals surface area contributed by atoms with Gasteiger partial charge in [-0.15, -0.1) is 0 Å². The standard InChI is InChI=1S/C15H26N.H2O/c1-5-6-7-10-13-16(3,4)15-12-9-8-11-14(15)2;/h8-9,11-12H,5-7,10,13H2,1-4H3;1H2/q+1;/p-1. The minimum atomic E-state index is 0. The van der Waals surface area contributed by atoms with Crippen LogP contribution in [0.2, 0.25) is 0 Å². The lowest BCUT2D eigenvalue weighted by atomic mass is 10.1. The van der Waals surface area contributed by atoms with Crippen molar-refractivity contribution in [3.05, 3.63) is 29.8 Å². The largest absolute Gasteiger partial charge is 0.870 e. The highest BCUT2D eigenvalue weighted by atomic mass is 16.0. The maximum atomic E-state index is 2.31. The van der Waals surface area contributed by atoms with Crippen molar-refractivity contribution in [2.24, 2.45) is 0 Å². The fourth-order valence-corrected chi connectivity index (χ4v) is 2.30. The molecule has 1 aromatic carbocycles. The van der Waals surface area contributed by atoms with Crippen LogP contribution in [-0.4, -0.2) is 26.1 Å². The zero-order valence-electron chi connectivity index (χ0n) is 11.7. The van der Waals surface area contributed by atoms with Gasteiger partial charge < -0.3 is 5.48 Å². The van der Waals surface area contributed by atoms with Crippen LogP contribution in [0.5, 0.6) is 0 Å². The van der Waals surface area contributed by atoms with Gasteiger partial charge in [-0.05, 0) is 25.8 Å². The number of rotatable bonds is 6. The van der Waals surface area contributed by atoms with Crippen molar-refractivity contribution in [1.82, 2.24) is 4.48 Å². The van der Waals surface area contributed by atoms with Crippen molar-refractivity contribution in [2.45, 2.75) is 39.5 Å². The van der Waals surface area contributed by atoms with Gasteiger partial charge in [0.25, 0.3) is 0 Å². The summed E-state index contributed by atoms with van der Waals surface area (Å²) >= 11 is 0. The lowest BCUT2D eigenvalue weighted by molar-refractivity contribution is 0.381. The highest BCUT2D eigenvalue weighted by Gasteiger charge is 2.19. The van der Waals surface area contributed by atoms with Crippen LogP contribution in [0.4, 0.5) is 5.69 Å². The number of aryl methyl sites for hydroxylation is 1. The van der Waals surface area contributed by atoms with Gasteiger partial charge in [0.15, 0.2) is 0 Å². The Balaban J connectivity index is 0.00000256. The Bertz CT molecular complexity index is 320. The molecule has 98 valence electrons. The third-order valence-corrected chi connectivity index (χ3v) is 3.34. The summed E-state index contributed by atoms with van der Waals surface area (Å²) in [6.07, 6.45) is 5.38. The van der Waals surface area contributed by atoms with Crippen molar-refractivity contribution in [2.75, 3.05) is 20.6 Å². The first-order valence-corrected chi connectivity index (χ1v) is 6.47. The van der Waals surface area contributed by atoms with Gasteiger partial charge in [-0.25, -0.2) is 0 Å². The molecule has 2 heteroatoms. The third kappa shape index (κ3) is 4.88. The average Bonchev–Trinajstić information content (AvgIpc) is 2.25. The van der Waals surface area contributed by atoms with Gasteiger partial charge in [0.1, 0.15) is 5.69 Å². The fraction of sp³-hybridized carbons (Fsp3) is 0.600. The van der Waals surface area contributed by atoms with Crippen LogP contribution >= 0.6 is 0 Å². The van der Waals surface area contributed by atoms with Crippen LogP contribution in [0.25, 0.3) is 0 Å². The normalized spacial score (nSPS) is 11.1. The monoisotopic (exact) mass is 237 g/mol. The van der Waals surface area contributed by atoms with Gasteiger partial charge in [0, 0.05) is 5.56 Å². The molecule has 0 aliphatic carbocycles. The third-order valence-electron chi connectivity index (χ3n) is 3.34. The van der Waals surface area contributed by atoms with Crippen LogP contribution in [0.15, 0.2) is 24.3 Å². The van der Waals surface area contributed by atoms with Crippen LogP contribution in [-0.2, 0) is 0 Å². The smallest absolute Gasteiger partial charge is 0.135 e. The Morgan fingerprint density at radius 2 is 1.65 bits per heavy atom.